The molecule has 0 aliphatic heterocycles. The van der Waals surface area contributed by atoms with E-state index in [1.54, 1.807) is 14.2 Å². The molecule has 0 radical (unpaired) electrons. The van der Waals surface area contributed by atoms with Crippen LogP contribution in [0.25, 0.3) is 0 Å². The maximum atomic E-state index is 5.37. The molecule has 1 unspecified atom stereocenters. The fourth-order valence-corrected chi connectivity index (χ4v) is 3.10. The molecule has 0 aliphatic carbocycles. The number of likely N-dealkylation sites (N-methyl/N-ethyl adjacent to an activating group) is 1. The number of rotatable bonds is 8. The van der Waals surface area contributed by atoms with E-state index in [2.05, 4.69) is 58.5 Å². The zero-order valence-electron chi connectivity index (χ0n) is 18.2. The minimum Gasteiger partial charge on any atom is -0.497 e. The van der Waals surface area contributed by atoms with Crippen LogP contribution < -0.4 is 14.8 Å². The third kappa shape index (κ3) is 7.40. The normalized spacial score (nSPS) is 12.2. The molecule has 0 aromatic heterocycles. The Morgan fingerprint density at radius 2 is 1.66 bits per heavy atom. The highest BCUT2D eigenvalue weighted by Gasteiger charge is 2.16. The minimum atomic E-state index is 0. The van der Waals surface area contributed by atoms with E-state index in [0.717, 1.165) is 30.5 Å². The van der Waals surface area contributed by atoms with E-state index >= 15 is 0 Å². The highest BCUT2D eigenvalue weighted by atomic mass is 127. The predicted octanol–water partition coefficient (Wildman–Crippen LogP) is 3.63. The number of ether oxygens (including phenoxy) is 2. The van der Waals surface area contributed by atoms with Gasteiger partial charge in [0.2, 0.25) is 0 Å². The number of guanidine groups is 1. The van der Waals surface area contributed by atoms with Gasteiger partial charge in [0.05, 0.1) is 20.3 Å². The maximum absolute atomic E-state index is 5.37. The number of hydrogen-bond donors (Lipinski definition) is 1. The molecule has 0 spiro atoms. The number of benzene rings is 2. The fraction of sp³-hybridized carbons (Fsp3) is 0.409. The molecular weight excluding hydrogens is 479 g/mol. The molecule has 6 nitrogen and oxygen atoms in total. The summed E-state index contributed by atoms with van der Waals surface area (Å²) in [7, 11) is 11.4. The number of nitrogens with one attached hydrogen (secondary N) is 1. The second kappa shape index (κ2) is 12.5. The van der Waals surface area contributed by atoms with E-state index in [-0.39, 0.29) is 30.0 Å². The van der Waals surface area contributed by atoms with Crippen LogP contribution in [-0.4, -0.2) is 64.7 Å². The summed E-state index contributed by atoms with van der Waals surface area (Å²) in [4.78, 5) is 8.74. The summed E-state index contributed by atoms with van der Waals surface area (Å²) in [6.07, 6.45) is 0. The minimum absolute atomic E-state index is 0. The molecule has 0 aliphatic rings. The summed E-state index contributed by atoms with van der Waals surface area (Å²) in [5.74, 6) is 2.58. The maximum Gasteiger partial charge on any atom is 0.193 e. The van der Waals surface area contributed by atoms with Crippen LogP contribution in [0.15, 0.2) is 53.5 Å². The molecule has 0 saturated carbocycles. The van der Waals surface area contributed by atoms with Crippen LogP contribution in [0.4, 0.5) is 0 Å². The van der Waals surface area contributed by atoms with Crippen molar-refractivity contribution in [3.05, 3.63) is 59.7 Å². The molecule has 0 fully saturated rings. The molecule has 1 N–H and O–H groups in total. The zero-order valence-corrected chi connectivity index (χ0v) is 20.5. The molecule has 2 aromatic rings. The van der Waals surface area contributed by atoms with Gasteiger partial charge in [-0.1, -0.05) is 24.3 Å². The first-order valence-corrected chi connectivity index (χ1v) is 9.33. The van der Waals surface area contributed by atoms with Crippen molar-refractivity contribution in [1.29, 1.82) is 0 Å². The molecule has 0 bridgehead atoms. The van der Waals surface area contributed by atoms with Gasteiger partial charge in [-0.2, -0.15) is 0 Å². The van der Waals surface area contributed by atoms with E-state index in [9.17, 15) is 0 Å². The molecule has 160 valence electrons. The van der Waals surface area contributed by atoms with Crippen LogP contribution in [0, 0.1) is 0 Å². The summed E-state index contributed by atoms with van der Waals surface area (Å²) in [5, 5.41) is 3.50. The molecule has 0 amide bonds. The number of halogens is 1. The SMILES string of the molecule is CN=C(NCC(c1cccc(OC)c1)N(C)C)N(C)Cc1ccc(OC)cc1.I. The molecule has 0 heterocycles. The zero-order chi connectivity index (χ0) is 20.5. The molecule has 7 heteroatoms. The fourth-order valence-electron chi connectivity index (χ4n) is 3.10. The first-order valence-electron chi connectivity index (χ1n) is 9.33. The van der Waals surface area contributed by atoms with Crippen LogP contribution in [0.5, 0.6) is 11.5 Å². The Morgan fingerprint density at radius 3 is 2.21 bits per heavy atom. The lowest BCUT2D eigenvalue weighted by Crippen LogP contribution is -2.42. The number of methoxy groups -OCH3 is 2. The quantitative estimate of drug-likeness (QED) is 0.333. The van der Waals surface area contributed by atoms with E-state index in [1.807, 2.05) is 38.4 Å². The third-order valence-electron chi connectivity index (χ3n) is 4.71. The first kappa shape index (κ1) is 25.0. The van der Waals surface area contributed by atoms with Crippen LogP contribution >= 0.6 is 24.0 Å². The van der Waals surface area contributed by atoms with Crippen molar-refractivity contribution in [2.75, 3.05) is 49.0 Å². The Hall–Kier alpha value is -2.00. The van der Waals surface area contributed by atoms with Crippen molar-refractivity contribution in [3.63, 3.8) is 0 Å². The van der Waals surface area contributed by atoms with Gasteiger partial charge in [-0.3, -0.25) is 4.99 Å². The Kier molecular flexibility index (Phi) is 10.8. The Balaban J connectivity index is 0.00000420. The highest BCUT2D eigenvalue weighted by molar-refractivity contribution is 14.0. The molecule has 2 rings (SSSR count). The smallest absolute Gasteiger partial charge is 0.193 e. The van der Waals surface area contributed by atoms with Crippen LogP contribution in [0.1, 0.15) is 17.2 Å². The lowest BCUT2D eigenvalue weighted by atomic mass is 10.1. The number of hydrogen-bond acceptors (Lipinski definition) is 4. The number of nitrogens with zero attached hydrogens (tertiary/aromatic N) is 3. The van der Waals surface area contributed by atoms with Crippen LogP contribution in [-0.2, 0) is 6.54 Å². The second-order valence-electron chi connectivity index (χ2n) is 6.89. The molecule has 0 saturated heterocycles. The molecule has 1 atom stereocenters. The van der Waals surface area contributed by atoms with Crippen molar-refractivity contribution >= 4 is 29.9 Å². The van der Waals surface area contributed by atoms with Gasteiger partial charge in [0, 0.05) is 27.2 Å². The van der Waals surface area contributed by atoms with Gasteiger partial charge in [0.1, 0.15) is 11.5 Å². The lowest BCUT2D eigenvalue weighted by Gasteiger charge is -2.28. The van der Waals surface area contributed by atoms with Gasteiger partial charge in [0.15, 0.2) is 5.96 Å². The van der Waals surface area contributed by atoms with Crippen LogP contribution in [0.2, 0.25) is 0 Å². The Bertz CT molecular complexity index is 766. The average Bonchev–Trinajstić information content (AvgIpc) is 2.71. The summed E-state index contributed by atoms with van der Waals surface area (Å²) in [5.41, 5.74) is 2.40. The molecular formula is C22H33IN4O2. The summed E-state index contributed by atoms with van der Waals surface area (Å²) >= 11 is 0. The van der Waals surface area contributed by atoms with Crippen molar-refractivity contribution in [2.45, 2.75) is 12.6 Å². The standard InChI is InChI=1S/C22H32N4O2.HI/c1-23-22(26(4)16-17-10-12-19(27-5)13-11-17)24-15-21(25(2)3)18-8-7-9-20(14-18)28-6;/h7-14,21H,15-16H2,1-6H3,(H,23,24);1H. The monoisotopic (exact) mass is 512 g/mol. The Labute approximate surface area is 191 Å². The first-order chi connectivity index (χ1) is 13.5. The van der Waals surface area contributed by atoms with Gasteiger partial charge in [-0.25, -0.2) is 0 Å². The van der Waals surface area contributed by atoms with Gasteiger partial charge < -0.3 is 24.6 Å². The van der Waals surface area contributed by atoms with Gasteiger partial charge in [-0.15, -0.1) is 24.0 Å². The van der Waals surface area contributed by atoms with E-state index in [0.29, 0.717) is 0 Å². The van der Waals surface area contributed by atoms with Crippen molar-refractivity contribution in [1.82, 2.24) is 15.1 Å². The van der Waals surface area contributed by atoms with Crippen molar-refractivity contribution in [3.8, 4) is 11.5 Å². The van der Waals surface area contributed by atoms with Crippen molar-refractivity contribution in [2.24, 2.45) is 4.99 Å². The predicted molar refractivity (Wildman–Crippen MR) is 131 cm³/mol. The van der Waals surface area contributed by atoms with Crippen LogP contribution in [0.3, 0.4) is 0 Å². The second-order valence-corrected chi connectivity index (χ2v) is 6.89. The molecule has 29 heavy (non-hydrogen) atoms. The topological polar surface area (TPSA) is 49.3 Å². The summed E-state index contributed by atoms with van der Waals surface area (Å²) in [6, 6.07) is 16.5. The lowest BCUT2D eigenvalue weighted by molar-refractivity contribution is 0.294. The van der Waals surface area contributed by atoms with Gasteiger partial charge in [0.25, 0.3) is 0 Å². The average molecular weight is 512 g/mol. The molecule has 2 aromatic carbocycles. The highest BCUT2D eigenvalue weighted by Crippen LogP contribution is 2.22. The Morgan fingerprint density at radius 1 is 1.00 bits per heavy atom. The summed E-state index contributed by atoms with van der Waals surface area (Å²) in [6.45, 7) is 1.50. The van der Waals surface area contributed by atoms with Gasteiger partial charge >= 0.3 is 0 Å². The van der Waals surface area contributed by atoms with Gasteiger partial charge in [-0.05, 0) is 49.5 Å². The summed E-state index contributed by atoms with van der Waals surface area (Å²) < 4.78 is 10.6. The third-order valence-corrected chi connectivity index (χ3v) is 4.71. The van der Waals surface area contributed by atoms with E-state index < -0.39 is 0 Å². The van der Waals surface area contributed by atoms with Crippen molar-refractivity contribution < 1.29 is 9.47 Å². The van der Waals surface area contributed by atoms with E-state index in [1.165, 1.54) is 11.1 Å². The number of aliphatic imine (C=N–C) groups is 1. The largest absolute Gasteiger partial charge is 0.497 e. The van der Waals surface area contributed by atoms with E-state index in [4.69, 9.17) is 9.47 Å².